The fourth-order valence-corrected chi connectivity index (χ4v) is 4.02. The Morgan fingerprint density at radius 1 is 0.629 bits per heavy atom. The van der Waals surface area contributed by atoms with Gasteiger partial charge in [0.2, 0.25) is 0 Å². The molecule has 0 aliphatic heterocycles. The molecular formula is C32H46Hf2Si. The Morgan fingerprint density at radius 2 is 0.914 bits per heavy atom. The summed E-state index contributed by atoms with van der Waals surface area (Å²) in [5.41, 5.74) is 5.97. The molecule has 35 heavy (non-hydrogen) atoms. The predicted molar refractivity (Wildman–Crippen MR) is 159 cm³/mol. The van der Waals surface area contributed by atoms with Crippen molar-refractivity contribution in [3.8, 4) is 0 Å². The number of fused-ring (bicyclic) bond motifs is 2. The zero-order valence-electron chi connectivity index (χ0n) is 23.5. The van der Waals surface area contributed by atoms with Crippen LogP contribution in [-0.4, -0.2) is 9.52 Å². The Morgan fingerprint density at radius 3 is 1.20 bits per heavy atom. The second-order valence-electron chi connectivity index (χ2n) is 7.54. The minimum atomic E-state index is 0. The summed E-state index contributed by atoms with van der Waals surface area (Å²) in [6.45, 7) is 15.7. The van der Waals surface area contributed by atoms with Crippen LogP contribution in [0.3, 0.4) is 0 Å². The topological polar surface area (TPSA) is 0 Å². The molecule has 2 radical (unpaired) electrons. The zero-order valence-corrected chi connectivity index (χ0v) is 31.7. The Bertz CT molecular complexity index is 929. The standard InChI is InChI=1S/2C13H15.C2H4Si.4CH3.2Hf/c2*1-3-6-12-10(2)9-11-7-4-5-8-13(11)12;1-3-2;;;;;;/h2*4-5,7-9H,3,6H2,1-2H3;1-2H2;4*1H3;;/q2*-1;-2;4*-1;2*+4. The third-order valence-electron chi connectivity index (χ3n) is 5.27. The van der Waals surface area contributed by atoms with Crippen LogP contribution in [0.25, 0.3) is 21.5 Å². The Kier molecular flexibility index (Phi) is 30.6. The van der Waals surface area contributed by atoms with Crippen LogP contribution in [0.5, 0.6) is 0 Å². The molecule has 0 nitrogen and oxygen atoms in total. The maximum Gasteiger partial charge on any atom is 4.00 e. The quantitative estimate of drug-likeness (QED) is 0.142. The van der Waals surface area contributed by atoms with Crippen molar-refractivity contribution in [3.63, 3.8) is 0 Å². The molecule has 186 valence electrons. The predicted octanol–water partition coefficient (Wildman–Crippen LogP) is 9.71. The summed E-state index contributed by atoms with van der Waals surface area (Å²) in [4.78, 5) is 0. The van der Waals surface area contributed by atoms with E-state index in [2.05, 4.69) is 101 Å². The maximum atomic E-state index is 3.40. The first-order valence-electron chi connectivity index (χ1n) is 10.6. The van der Waals surface area contributed by atoms with E-state index in [9.17, 15) is 0 Å². The molecule has 0 atom stereocenters. The van der Waals surface area contributed by atoms with Crippen LogP contribution in [0.15, 0.2) is 60.7 Å². The van der Waals surface area contributed by atoms with Crippen LogP contribution in [0.4, 0.5) is 0 Å². The van der Waals surface area contributed by atoms with Gasteiger partial charge in [-0.3, -0.25) is 0 Å². The molecule has 0 aromatic heterocycles. The van der Waals surface area contributed by atoms with Crippen molar-refractivity contribution in [2.24, 2.45) is 0 Å². The summed E-state index contributed by atoms with van der Waals surface area (Å²) in [6.07, 6.45) is 4.88. The van der Waals surface area contributed by atoms with Gasteiger partial charge in [0, 0.05) is 0 Å². The Balaban J connectivity index is -0.000000134. The summed E-state index contributed by atoms with van der Waals surface area (Å²) in [6, 6.07) is 21.9. The number of rotatable bonds is 4. The molecule has 4 aromatic rings. The molecule has 0 N–H and O–H groups in total. The number of benzene rings is 2. The van der Waals surface area contributed by atoms with Gasteiger partial charge in [0.15, 0.2) is 0 Å². The monoisotopic (exact) mass is 818 g/mol. The van der Waals surface area contributed by atoms with E-state index in [1.54, 1.807) is 0 Å². The van der Waals surface area contributed by atoms with E-state index >= 15 is 0 Å². The molecule has 0 amide bonds. The van der Waals surface area contributed by atoms with E-state index in [1.807, 2.05) is 0 Å². The van der Waals surface area contributed by atoms with E-state index in [-0.39, 0.29) is 81.4 Å². The van der Waals surface area contributed by atoms with Gasteiger partial charge in [0.05, 0.1) is 0 Å². The largest absolute Gasteiger partial charge is 4.00 e. The number of hydrogen-bond donors (Lipinski definition) is 0. The summed E-state index contributed by atoms with van der Waals surface area (Å²) >= 11 is 0. The summed E-state index contributed by atoms with van der Waals surface area (Å²) in [5.74, 6) is 0. The average Bonchev–Trinajstić information content (AvgIpc) is 3.20. The molecule has 0 aliphatic rings. The molecule has 0 saturated heterocycles. The molecule has 0 heterocycles. The van der Waals surface area contributed by atoms with Crippen molar-refractivity contribution in [1.82, 2.24) is 0 Å². The van der Waals surface area contributed by atoms with E-state index in [0.717, 1.165) is 0 Å². The maximum absolute atomic E-state index is 3.40. The van der Waals surface area contributed by atoms with Crippen LogP contribution in [0.2, 0.25) is 0 Å². The van der Waals surface area contributed by atoms with Gasteiger partial charge < -0.3 is 52.3 Å². The first kappa shape index (κ1) is 44.6. The Labute approximate surface area is 259 Å². The summed E-state index contributed by atoms with van der Waals surface area (Å²) < 4.78 is 0. The van der Waals surface area contributed by atoms with Crippen molar-refractivity contribution in [3.05, 3.63) is 126 Å². The van der Waals surface area contributed by atoms with Gasteiger partial charge in [-0.15, -0.1) is 81.2 Å². The van der Waals surface area contributed by atoms with Gasteiger partial charge in [-0.2, -0.15) is 11.1 Å². The van der Waals surface area contributed by atoms with E-state index in [0.29, 0.717) is 9.52 Å². The normalized spacial score (nSPS) is 8.63. The van der Waals surface area contributed by atoms with Gasteiger partial charge >= 0.3 is 51.7 Å². The van der Waals surface area contributed by atoms with Crippen LogP contribution in [0, 0.1) is 56.6 Å². The van der Waals surface area contributed by atoms with Crippen LogP contribution in [-0.2, 0) is 64.5 Å². The minimum Gasteiger partial charge on any atom is -0.385 e. The molecule has 0 bridgehead atoms. The third kappa shape index (κ3) is 12.6. The van der Waals surface area contributed by atoms with Gasteiger partial charge in [0.25, 0.3) is 0 Å². The second-order valence-corrected chi connectivity index (χ2v) is 8.04. The first-order valence-corrected chi connectivity index (χ1v) is 12.1. The van der Waals surface area contributed by atoms with Gasteiger partial charge in [-0.05, 0) is 0 Å². The number of hydrogen-bond acceptors (Lipinski definition) is 0. The molecule has 0 fully saturated rings. The Hall–Kier alpha value is -0.383. The summed E-state index contributed by atoms with van der Waals surface area (Å²) in [7, 11) is 0.583. The van der Waals surface area contributed by atoms with Crippen molar-refractivity contribution in [1.29, 1.82) is 0 Å². The first-order chi connectivity index (χ1) is 14.1. The van der Waals surface area contributed by atoms with Crippen LogP contribution >= 0.6 is 0 Å². The van der Waals surface area contributed by atoms with Crippen molar-refractivity contribution < 1.29 is 51.7 Å². The van der Waals surface area contributed by atoms with Gasteiger partial charge in [-0.25, -0.2) is 0 Å². The fourth-order valence-electron chi connectivity index (χ4n) is 4.02. The molecule has 0 unspecified atom stereocenters. The SMILES string of the molecule is CCCc1c(C)[cH-]c2ccccc12.CCCc1c(C)[cH-]c2ccccc12.[CH2-][Si][CH2-].[CH3-].[CH3-].[CH3-].[CH3-].[Hf+4].[Hf+4]. The minimum absolute atomic E-state index is 0. The van der Waals surface area contributed by atoms with Gasteiger partial charge in [-0.1, -0.05) is 65.5 Å². The molecular weight excluding hydrogens is 769 g/mol. The van der Waals surface area contributed by atoms with E-state index < -0.39 is 0 Å². The van der Waals surface area contributed by atoms with E-state index in [4.69, 9.17) is 0 Å². The molecule has 0 aliphatic carbocycles. The smallest absolute Gasteiger partial charge is 0.385 e. The fraction of sp³-hybridized carbons (Fsp3) is 0.250. The zero-order chi connectivity index (χ0) is 21.2. The van der Waals surface area contributed by atoms with Crippen molar-refractivity contribution >= 4 is 31.1 Å². The number of aryl methyl sites for hydroxylation is 4. The summed E-state index contributed by atoms with van der Waals surface area (Å²) in [5, 5.41) is 5.68. The third-order valence-corrected chi connectivity index (χ3v) is 5.27. The van der Waals surface area contributed by atoms with Crippen molar-refractivity contribution in [2.75, 3.05) is 0 Å². The molecule has 0 spiro atoms. The second kappa shape index (κ2) is 24.0. The van der Waals surface area contributed by atoms with Crippen LogP contribution in [0.1, 0.15) is 48.9 Å². The average molecular weight is 816 g/mol. The van der Waals surface area contributed by atoms with Crippen LogP contribution < -0.4 is 0 Å². The van der Waals surface area contributed by atoms with Crippen molar-refractivity contribution in [2.45, 2.75) is 53.4 Å². The molecule has 3 heteroatoms. The van der Waals surface area contributed by atoms with E-state index in [1.165, 1.54) is 69.5 Å². The molecule has 4 aromatic carbocycles. The molecule has 4 rings (SSSR count). The van der Waals surface area contributed by atoms with Gasteiger partial charge in [0.1, 0.15) is 0 Å². The molecule has 0 saturated carbocycles.